The lowest BCUT2D eigenvalue weighted by atomic mass is 10.1. The van der Waals surface area contributed by atoms with Gasteiger partial charge in [0.15, 0.2) is 8.32 Å². The summed E-state index contributed by atoms with van der Waals surface area (Å²) < 4.78 is 6.12. The van der Waals surface area contributed by atoms with Crippen molar-refractivity contribution in [1.82, 2.24) is 0 Å². The SMILES string of the molecule is CCCCCCC[C@H](O)/C=C/C#CC#CCCCO[Si](C)(C)C(C)(C)C. The zero-order valence-electron chi connectivity index (χ0n) is 18.0. The maximum atomic E-state index is 9.83. The van der Waals surface area contributed by atoms with Crippen LogP contribution in [-0.4, -0.2) is 26.1 Å². The van der Waals surface area contributed by atoms with E-state index in [0.29, 0.717) is 0 Å². The fourth-order valence-corrected chi connectivity index (χ4v) is 3.19. The molecule has 0 aliphatic rings. The molecule has 0 aromatic rings. The molecule has 0 saturated carbocycles. The van der Waals surface area contributed by atoms with Gasteiger partial charge in [0.1, 0.15) is 0 Å². The first-order valence-electron chi connectivity index (χ1n) is 10.2. The lowest BCUT2D eigenvalue weighted by molar-refractivity contribution is 0.208. The maximum Gasteiger partial charge on any atom is 0.191 e. The number of rotatable bonds is 11. The average molecular weight is 377 g/mol. The monoisotopic (exact) mass is 376 g/mol. The van der Waals surface area contributed by atoms with Gasteiger partial charge in [0.25, 0.3) is 0 Å². The second-order valence-corrected chi connectivity index (χ2v) is 13.2. The minimum absolute atomic E-state index is 0.260. The Hall–Kier alpha value is -1.00. The highest BCUT2D eigenvalue weighted by Crippen LogP contribution is 2.36. The van der Waals surface area contributed by atoms with Crippen LogP contribution in [-0.2, 0) is 4.43 Å². The molecule has 0 bridgehead atoms. The van der Waals surface area contributed by atoms with Gasteiger partial charge in [-0.15, -0.1) is 0 Å². The summed E-state index contributed by atoms with van der Waals surface area (Å²) in [7, 11) is -1.63. The highest BCUT2D eigenvalue weighted by Gasteiger charge is 2.36. The van der Waals surface area contributed by atoms with Crippen molar-refractivity contribution < 1.29 is 9.53 Å². The second-order valence-electron chi connectivity index (χ2n) is 8.41. The fourth-order valence-electron chi connectivity index (χ4n) is 2.10. The third-order valence-electron chi connectivity index (χ3n) is 4.94. The van der Waals surface area contributed by atoms with Crippen molar-refractivity contribution in [2.75, 3.05) is 6.61 Å². The molecular formula is C23H40O2Si. The van der Waals surface area contributed by atoms with Crippen LogP contribution in [0.5, 0.6) is 0 Å². The van der Waals surface area contributed by atoms with Crippen LogP contribution >= 0.6 is 0 Å². The summed E-state index contributed by atoms with van der Waals surface area (Å²) in [6.45, 7) is 14.3. The Morgan fingerprint density at radius 2 is 1.73 bits per heavy atom. The van der Waals surface area contributed by atoms with E-state index in [1.54, 1.807) is 12.2 Å². The lowest BCUT2D eigenvalue weighted by Gasteiger charge is -2.36. The number of hydrogen-bond acceptors (Lipinski definition) is 2. The number of aliphatic hydroxyl groups excluding tert-OH is 1. The molecule has 0 amide bonds. The van der Waals surface area contributed by atoms with Crippen LogP contribution in [0.1, 0.15) is 79.1 Å². The van der Waals surface area contributed by atoms with Gasteiger partial charge in [0.05, 0.1) is 6.10 Å². The molecular weight excluding hydrogens is 336 g/mol. The van der Waals surface area contributed by atoms with Gasteiger partial charge in [-0.25, -0.2) is 0 Å². The normalized spacial score (nSPS) is 13.0. The Morgan fingerprint density at radius 3 is 2.38 bits per heavy atom. The lowest BCUT2D eigenvalue weighted by Crippen LogP contribution is -2.40. The molecule has 0 aromatic heterocycles. The largest absolute Gasteiger partial charge is 0.417 e. The second kappa shape index (κ2) is 14.1. The fraction of sp³-hybridized carbons (Fsp3) is 0.739. The number of unbranched alkanes of at least 4 members (excludes halogenated alkanes) is 5. The zero-order valence-corrected chi connectivity index (χ0v) is 19.0. The van der Waals surface area contributed by atoms with E-state index in [4.69, 9.17) is 4.43 Å². The molecule has 148 valence electrons. The molecule has 2 nitrogen and oxygen atoms in total. The minimum atomic E-state index is -1.63. The third kappa shape index (κ3) is 13.2. The van der Waals surface area contributed by atoms with E-state index in [9.17, 15) is 5.11 Å². The van der Waals surface area contributed by atoms with E-state index in [1.165, 1.54) is 25.7 Å². The highest BCUT2D eigenvalue weighted by atomic mass is 28.4. The molecule has 26 heavy (non-hydrogen) atoms. The van der Waals surface area contributed by atoms with Gasteiger partial charge in [-0.1, -0.05) is 71.6 Å². The van der Waals surface area contributed by atoms with E-state index in [1.807, 2.05) is 0 Å². The van der Waals surface area contributed by atoms with Gasteiger partial charge < -0.3 is 9.53 Å². The van der Waals surface area contributed by atoms with Gasteiger partial charge >= 0.3 is 0 Å². The van der Waals surface area contributed by atoms with E-state index in [0.717, 1.165) is 32.3 Å². The summed E-state index contributed by atoms with van der Waals surface area (Å²) in [5.74, 6) is 11.6. The van der Waals surface area contributed by atoms with Crippen LogP contribution in [0, 0.1) is 23.7 Å². The highest BCUT2D eigenvalue weighted by molar-refractivity contribution is 6.74. The van der Waals surface area contributed by atoms with Crippen molar-refractivity contribution in [3.05, 3.63) is 12.2 Å². The molecule has 1 N–H and O–H groups in total. The van der Waals surface area contributed by atoms with Gasteiger partial charge in [0.2, 0.25) is 0 Å². The van der Waals surface area contributed by atoms with Crippen LogP contribution in [0.4, 0.5) is 0 Å². The summed E-state index contributed by atoms with van der Waals surface area (Å²) in [5, 5.41) is 10.1. The van der Waals surface area contributed by atoms with Crippen LogP contribution in [0.2, 0.25) is 18.1 Å². The average Bonchev–Trinajstić information content (AvgIpc) is 2.55. The third-order valence-corrected chi connectivity index (χ3v) is 9.48. The number of aliphatic hydroxyl groups is 1. The molecule has 0 spiro atoms. The van der Waals surface area contributed by atoms with Crippen molar-refractivity contribution in [2.45, 2.75) is 103 Å². The van der Waals surface area contributed by atoms with Gasteiger partial charge in [-0.2, -0.15) is 0 Å². The molecule has 3 heteroatoms. The molecule has 0 radical (unpaired) electrons. The Balaban J connectivity index is 3.86. The molecule has 0 heterocycles. The topological polar surface area (TPSA) is 29.5 Å². The summed E-state index contributed by atoms with van der Waals surface area (Å²) in [6, 6.07) is 0. The van der Waals surface area contributed by atoms with Crippen molar-refractivity contribution in [2.24, 2.45) is 0 Å². The van der Waals surface area contributed by atoms with Crippen molar-refractivity contribution in [1.29, 1.82) is 0 Å². The smallest absolute Gasteiger partial charge is 0.191 e. The standard InChI is InChI=1S/C23H40O2Si/c1-7-8-9-13-16-19-22(24)20-17-14-11-10-12-15-18-21-25-26(5,6)23(2,3)4/h17,20,22,24H,7-9,13,15-16,18-19,21H2,1-6H3/b20-17+/t22-/m0/s1. The summed E-state index contributed by atoms with van der Waals surface area (Å²) >= 11 is 0. The Labute approximate surface area is 163 Å². The molecule has 0 fully saturated rings. The first-order valence-corrected chi connectivity index (χ1v) is 13.1. The Bertz CT molecular complexity index is 506. The Morgan fingerprint density at radius 1 is 1.04 bits per heavy atom. The predicted octanol–water partition coefficient (Wildman–Crippen LogP) is 6.07. The molecule has 1 atom stereocenters. The number of allylic oxidation sites excluding steroid dienone is 1. The van der Waals surface area contributed by atoms with Gasteiger partial charge in [-0.3, -0.25) is 0 Å². The molecule has 0 aliphatic carbocycles. The quantitative estimate of drug-likeness (QED) is 0.269. The van der Waals surface area contributed by atoms with Crippen LogP contribution in [0.3, 0.4) is 0 Å². The summed E-state index contributed by atoms with van der Waals surface area (Å²) in [6.07, 6.45) is 11.8. The number of hydrogen-bond donors (Lipinski definition) is 1. The van der Waals surface area contributed by atoms with Crippen LogP contribution < -0.4 is 0 Å². The molecule has 0 aromatic carbocycles. The molecule has 0 saturated heterocycles. The van der Waals surface area contributed by atoms with Crippen molar-refractivity contribution in [3.8, 4) is 23.7 Å². The predicted molar refractivity (Wildman–Crippen MR) is 116 cm³/mol. The van der Waals surface area contributed by atoms with E-state index < -0.39 is 8.32 Å². The van der Waals surface area contributed by atoms with Gasteiger partial charge in [-0.05, 0) is 55.0 Å². The Kier molecular flexibility index (Phi) is 13.6. The summed E-state index contributed by atoms with van der Waals surface area (Å²) in [4.78, 5) is 0. The van der Waals surface area contributed by atoms with Gasteiger partial charge in [0, 0.05) is 13.0 Å². The van der Waals surface area contributed by atoms with Crippen LogP contribution in [0.25, 0.3) is 0 Å². The molecule has 0 aliphatic heterocycles. The minimum Gasteiger partial charge on any atom is -0.417 e. The molecule has 0 rings (SSSR count). The van der Waals surface area contributed by atoms with Crippen molar-refractivity contribution >= 4 is 8.32 Å². The van der Waals surface area contributed by atoms with Crippen molar-refractivity contribution in [3.63, 3.8) is 0 Å². The van der Waals surface area contributed by atoms with E-state index in [2.05, 4.69) is 64.5 Å². The van der Waals surface area contributed by atoms with E-state index in [-0.39, 0.29) is 11.1 Å². The zero-order chi connectivity index (χ0) is 19.9. The summed E-state index contributed by atoms with van der Waals surface area (Å²) in [5.41, 5.74) is 0. The van der Waals surface area contributed by atoms with Crippen LogP contribution in [0.15, 0.2) is 12.2 Å². The molecule has 0 unspecified atom stereocenters. The first kappa shape index (κ1) is 25.0. The maximum absolute atomic E-state index is 9.83. The first-order chi connectivity index (χ1) is 12.2. The van der Waals surface area contributed by atoms with E-state index >= 15 is 0 Å².